The Kier molecular flexibility index (Phi) is 5.55. The number of hydrogen-bond donors (Lipinski definition) is 3. The van der Waals surface area contributed by atoms with Gasteiger partial charge < -0.3 is 25.8 Å². The number of nitrogens with zero attached hydrogens (tertiary/aromatic N) is 2. The molecule has 5 rings (SSSR count). The third-order valence-corrected chi connectivity index (χ3v) is 7.71. The first-order valence-electron chi connectivity index (χ1n) is 11.1. The van der Waals surface area contributed by atoms with Gasteiger partial charge in [0.15, 0.2) is 0 Å². The third-order valence-electron chi connectivity index (χ3n) is 6.59. The Hall–Kier alpha value is -3.40. The molecule has 2 aliphatic rings. The Labute approximate surface area is 199 Å². The van der Waals surface area contributed by atoms with E-state index in [1.54, 1.807) is 12.1 Å². The number of rotatable bonds is 3. The number of halogens is 1. The molecule has 1 atom stereocenters. The molecule has 178 valence electrons. The first-order chi connectivity index (χ1) is 16.2. The number of carboxylic acid groups (broad SMARTS) is 1. The van der Waals surface area contributed by atoms with E-state index in [1.165, 1.54) is 16.2 Å². The number of carbonyl (C=O) groups is 2. The van der Waals surface area contributed by atoms with Gasteiger partial charge in [-0.1, -0.05) is 12.1 Å². The van der Waals surface area contributed by atoms with Crippen molar-refractivity contribution in [2.45, 2.75) is 37.9 Å². The Bertz CT molecular complexity index is 1290. The fraction of sp³-hybridized carbons (Fsp3) is 0.375. The highest BCUT2D eigenvalue weighted by atomic mass is 32.1. The Morgan fingerprint density at radius 1 is 1.29 bits per heavy atom. The molecule has 1 fully saturated rings. The Balaban J connectivity index is 1.27. The molecule has 0 aliphatic carbocycles. The topological polar surface area (TPSA) is 118 Å². The normalized spacial score (nSPS) is 19.4. The number of nitrogens with two attached hydrogens (primary N) is 1. The molecule has 0 spiro atoms. The number of carbonyl (C=O) groups excluding carboxylic acids is 1. The molecule has 4 N–H and O–H groups in total. The minimum absolute atomic E-state index is 0.113. The molecule has 8 nitrogen and oxygen atoms in total. The van der Waals surface area contributed by atoms with Gasteiger partial charge in [0.2, 0.25) is 0 Å². The zero-order valence-corrected chi connectivity index (χ0v) is 19.5. The maximum absolute atomic E-state index is 15.6. The predicted molar refractivity (Wildman–Crippen MR) is 127 cm³/mol. The lowest BCUT2D eigenvalue weighted by atomic mass is 9.85. The van der Waals surface area contributed by atoms with E-state index in [0.717, 1.165) is 21.5 Å². The van der Waals surface area contributed by atoms with Gasteiger partial charge in [0, 0.05) is 37.0 Å². The summed E-state index contributed by atoms with van der Waals surface area (Å²) in [4.78, 5) is 30.9. The van der Waals surface area contributed by atoms with E-state index in [0.29, 0.717) is 28.3 Å². The predicted octanol–water partition coefficient (Wildman–Crippen LogP) is 3.86. The highest BCUT2D eigenvalue weighted by Crippen LogP contribution is 2.40. The van der Waals surface area contributed by atoms with E-state index in [9.17, 15) is 9.59 Å². The second-order valence-corrected chi connectivity index (χ2v) is 9.89. The standard InChI is InChI=1S/C24H25FN4O4S/c1-13-2-5-17-19(26)20(34-22(17)27-13)21(30)28-16-10-14-3-4-15(11-18(14)33-12-16)24(25)6-8-29(9-7-24)23(31)32/h2-5,11,16H,6-10,12,26H2,1H3,(H,28,30)(H,31,32)/t16-/m0/s1. The highest BCUT2D eigenvalue weighted by molar-refractivity contribution is 7.21. The number of alkyl halides is 1. The number of ether oxygens (including phenoxy) is 1. The minimum Gasteiger partial charge on any atom is -0.491 e. The van der Waals surface area contributed by atoms with Crippen LogP contribution in [0.25, 0.3) is 10.2 Å². The molecule has 1 saturated heterocycles. The minimum atomic E-state index is -1.58. The number of hydrogen-bond acceptors (Lipinski definition) is 6. The van der Waals surface area contributed by atoms with Crippen LogP contribution in [-0.2, 0) is 12.1 Å². The molecule has 1 aromatic carbocycles. The molecule has 4 heterocycles. The summed E-state index contributed by atoms with van der Waals surface area (Å²) in [6, 6.07) is 8.77. The van der Waals surface area contributed by atoms with Gasteiger partial charge in [0.05, 0.1) is 11.7 Å². The van der Waals surface area contributed by atoms with Crippen molar-refractivity contribution in [2.75, 3.05) is 25.4 Å². The van der Waals surface area contributed by atoms with Crippen molar-refractivity contribution < 1.29 is 23.8 Å². The van der Waals surface area contributed by atoms with E-state index in [1.807, 2.05) is 25.1 Å². The maximum Gasteiger partial charge on any atom is 0.407 e. The molecule has 2 aliphatic heterocycles. The van der Waals surface area contributed by atoms with Crippen molar-refractivity contribution in [2.24, 2.45) is 0 Å². The summed E-state index contributed by atoms with van der Waals surface area (Å²) in [5.74, 6) is 0.335. The molecule has 0 radical (unpaired) electrons. The van der Waals surface area contributed by atoms with E-state index >= 15 is 4.39 Å². The molecule has 2 amide bonds. The summed E-state index contributed by atoms with van der Waals surface area (Å²) in [6.45, 7) is 2.47. The van der Waals surface area contributed by atoms with Gasteiger partial charge in [0.25, 0.3) is 5.91 Å². The number of thiophene rings is 1. The van der Waals surface area contributed by atoms with Crippen LogP contribution in [0.4, 0.5) is 14.9 Å². The van der Waals surface area contributed by atoms with Gasteiger partial charge in [-0.25, -0.2) is 14.2 Å². The quantitative estimate of drug-likeness (QED) is 0.520. The average Bonchev–Trinajstić information content (AvgIpc) is 3.14. The van der Waals surface area contributed by atoms with Gasteiger partial charge in [-0.3, -0.25) is 4.79 Å². The summed E-state index contributed by atoms with van der Waals surface area (Å²) < 4.78 is 21.4. The Morgan fingerprint density at radius 2 is 2.06 bits per heavy atom. The number of likely N-dealkylation sites (tertiary alicyclic amines) is 1. The summed E-state index contributed by atoms with van der Waals surface area (Å²) in [5, 5.41) is 12.9. The monoisotopic (exact) mass is 484 g/mol. The molecule has 0 bridgehead atoms. The summed E-state index contributed by atoms with van der Waals surface area (Å²) in [7, 11) is 0. The van der Waals surface area contributed by atoms with Gasteiger partial charge in [-0.05, 0) is 42.7 Å². The number of nitrogens with one attached hydrogen (secondary N) is 1. The molecule has 0 unspecified atom stereocenters. The van der Waals surface area contributed by atoms with Gasteiger partial charge >= 0.3 is 6.09 Å². The molecular weight excluding hydrogens is 459 g/mol. The first kappa shape index (κ1) is 22.4. The van der Waals surface area contributed by atoms with Crippen molar-refractivity contribution in [3.05, 3.63) is 52.0 Å². The van der Waals surface area contributed by atoms with Crippen molar-refractivity contribution in [3.8, 4) is 5.75 Å². The number of aromatic nitrogens is 1. The van der Waals surface area contributed by atoms with Crippen LogP contribution < -0.4 is 15.8 Å². The average molecular weight is 485 g/mol. The molecule has 3 aromatic rings. The first-order valence-corrected chi connectivity index (χ1v) is 11.9. The van der Waals surface area contributed by atoms with Crippen LogP contribution in [0.5, 0.6) is 5.75 Å². The second-order valence-electron chi connectivity index (χ2n) is 8.89. The van der Waals surface area contributed by atoms with Crippen LogP contribution in [0.3, 0.4) is 0 Å². The van der Waals surface area contributed by atoms with E-state index in [-0.39, 0.29) is 44.5 Å². The zero-order chi connectivity index (χ0) is 24.0. The number of aryl methyl sites for hydroxylation is 1. The largest absolute Gasteiger partial charge is 0.491 e. The van der Waals surface area contributed by atoms with Crippen LogP contribution in [0, 0.1) is 6.92 Å². The van der Waals surface area contributed by atoms with Crippen LogP contribution in [0.2, 0.25) is 0 Å². The number of anilines is 1. The number of benzene rings is 1. The lowest BCUT2D eigenvalue weighted by Gasteiger charge is -2.36. The number of piperidine rings is 1. The summed E-state index contributed by atoms with van der Waals surface area (Å²) >= 11 is 1.27. The van der Waals surface area contributed by atoms with E-state index in [2.05, 4.69) is 10.3 Å². The van der Waals surface area contributed by atoms with Crippen LogP contribution in [0.1, 0.15) is 39.3 Å². The lowest BCUT2D eigenvalue weighted by Crippen LogP contribution is -2.43. The number of amides is 2. The molecule has 0 saturated carbocycles. The fourth-order valence-corrected chi connectivity index (χ4v) is 5.64. The van der Waals surface area contributed by atoms with Crippen molar-refractivity contribution in [3.63, 3.8) is 0 Å². The highest BCUT2D eigenvalue weighted by Gasteiger charge is 2.38. The van der Waals surface area contributed by atoms with Gasteiger partial charge in [-0.2, -0.15) is 0 Å². The van der Waals surface area contributed by atoms with Gasteiger partial charge in [-0.15, -0.1) is 11.3 Å². The van der Waals surface area contributed by atoms with E-state index < -0.39 is 11.8 Å². The number of pyridine rings is 1. The molecule has 2 aromatic heterocycles. The smallest absolute Gasteiger partial charge is 0.407 e. The van der Waals surface area contributed by atoms with Gasteiger partial charge in [0.1, 0.15) is 27.7 Å². The van der Waals surface area contributed by atoms with Crippen LogP contribution in [-0.4, -0.2) is 52.7 Å². The molecular formula is C24H25FN4O4S. The molecule has 10 heteroatoms. The maximum atomic E-state index is 15.6. The lowest BCUT2D eigenvalue weighted by molar-refractivity contribution is 0.0548. The summed E-state index contributed by atoms with van der Waals surface area (Å²) in [5.41, 5.74) is 7.29. The van der Waals surface area contributed by atoms with E-state index in [4.69, 9.17) is 15.6 Å². The fourth-order valence-electron chi connectivity index (χ4n) is 4.59. The van der Waals surface area contributed by atoms with Crippen molar-refractivity contribution in [1.82, 2.24) is 15.2 Å². The Morgan fingerprint density at radius 3 is 2.79 bits per heavy atom. The van der Waals surface area contributed by atoms with Crippen LogP contribution in [0.15, 0.2) is 30.3 Å². The third kappa shape index (κ3) is 4.02. The summed E-state index contributed by atoms with van der Waals surface area (Å²) in [6.07, 6.45) is -0.244. The SMILES string of the molecule is Cc1ccc2c(N)c(C(=O)N[C@@H]3COc4cc(C5(F)CCN(C(=O)O)CC5)ccc4C3)sc2n1. The van der Waals surface area contributed by atoms with Crippen molar-refractivity contribution >= 4 is 39.2 Å². The number of nitrogen functional groups attached to an aromatic ring is 1. The molecule has 34 heavy (non-hydrogen) atoms. The van der Waals surface area contributed by atoms with Crippen LogP contribution >= 0.6 is 11.3 Å². The number of fused-ring (bicyclic) bond motifs is 2. The van der Waals surface area contributed by atoms with Crippen molar-refractivity contribution in [1.29, 1.82) is 0 Å². The second kappa shape index (κ2) is 8.43. The zero-order valence-electron chi connectivity index (χ0n) is 18.6.